The number of nitrogens with zero attached hydrogens (tertiary/aromatic N) is 2. The molecule has 0 bridgehead atoms. The molecule has 1 aromatic carbocycles. The van der Waals surface area contributed by atoms with Crippen molar-refractivity contribution in [2.45, 2.75) is 76.5 Å². The summed E-state index contributed by atoms with van der Waals surface area (Å²) in [6, 6.07) is 7.01. The Bertz CT molecular complexity index is 669. The standard InChI is InChI=1S/C26H42N2O3/c1-27(26(21-9-10-21)22-11-12-22)17-20-8-13-24(25(16-20)30-2)31-19-23(29)18-28-14-6-4-3-5-7-15-28/h8,13,16,21-23,26,29H,3-7,9-12,14-15,17-19H2,1-2H3/t23-/m0/s1. The Balaban J connectivity index is 1.28. The molecule has 1 heterocycles. The third-order valence-electron chi connectivity index (χ3n) is 7.23. The normalized spacial score (nSPS) is 21.7. The first-order chi connectivity index (χ1) is 15.1. The summed E-state index contributed by atoms with van der Waals surface area (Å²) in [4.78, 5) is 4.94. The van der Waals surface area contributed by atoms with Crippen LogP contribution >= 0.6 is 0 Å². The third kappa shape index (κ3) is 6.84. The molecule has 3 fully saturated rings. The minimum absolute atomic E-state index is 0.303. The topological polar surface area (TPSA) is 45.2 Å². The van der Waals surface area contributed by atoms with Gasteiger partial charge in [-0.3, -0.25) is 4.90 Å². The van der Waals surface area contributed by atoms with Crippen LogP contribution in [0, 0.1) is 11.8 Å². The first-order valence-electron chi connectivity index (χ1n) is 12.5. The van der Waals surface area contributed by atoms with Crippen LogP contribution in [0.15, 0.2) is 18.2 Å². The maximum Gasteiger partial charge on any atom is 0.161 e. The van der Waals surface area contributed by atoms with Crippen LogP contribution in [-0.4, -0.2) is 67.5 Å². The Hall–Kier alpha value is -1.30. The highest BCUT2D eigenvalue weighted by molar-refractivity contribution is 5.43. The number of benzene rings is 1. The predicted octanol–water partition coefficient (Wildman–Crippen LogP) is 4.32. The third-order valence-corrected chi connectivity index (χ3v) is 7.23. The van der Waals surface area contributed by atoms with Crippen molar-refractivity contribution in [1.29, 1.82) is 0 Å². The highest BCUT2D eigenvalue weighted by Gasteiger charge is 2.43. The molecule has 0 aromatic heterocycles. The van der Waals surface area contributed by atoms with Crippen molar-refractivity contribution in [2.75, 3.05) is 40.4 Å². The molecule has 2 saturated carbocycles. The zero-order valence-electron chi connectivity index (χ0n) is 19.6. The maximum absolute atomic E-state index is 10.5. The fraction of sp³-hybridized carbons (Fsp3) is 0.769. The van der Waals surface area contributed by atoms with E-state index in [0.29, 0.717) is 13.2 Å². The zero-order chi connectivity index (χ0) is 21.6. The number of ether oxygens (including phenoxy) is 2. The van der Waals surface area contributed by atoms with Gasteiger partial charge in [0.2, 0.25) is 0 Å². The lowest BCUT2D eigenvalue weighted by Crippen LogP contribution is -2.37. The summed E-state index contributed by atoms with van der Waals surface area (Å²) < 4.78 is 11.6. The van der Waals surface area contributed by atoms with E-state index in [1.54, 1.807) is 7.11 Å². The van der Waals surface area contributed by atoms with Crippen LogP contribution in [0.5, 0.6) is 11.5 Å². The van der Waals surface area contributed by atoms with Crippen LogP contribution < -0.4 is 9.47 Å². The molecule has 5 nitrogen and oxygen atoms in total. The zero-order valence-corrected chi connectivity index (χ0v) is 19.6. The van der Waals surface area contributed by atoms with Gasteiger partial charge in [0.05, 0.1) is 7.11 Å². The second-order valence-electron chi connectivity index (χ2n) is 10.1. The van der Waals surface area contributed by atoms with Gasteiger partial charge in [0.1, 0.15) is 12.7 Å². The molecule has 31 heavy (non-hydrogen) atoms. The quantitative estimate of drug-likeness (QED) is 0.566. The Morgan fingerprint density at radius 1 is 1.00 bits per heavy atom. The van der Waals surface area contributed by atoms with E-state index in [1.807, 2.05) is 6.07 Å². The SMILES string of the molecule is COc1cc(CN(C)C(C2CC2)C2CC2)ccc1OC[C@@H](O)CN1CCCCCCC1. The first kappa shape index (κ1) is 22.9. The van der Waals surface area contributed by atoms with E-state index in [0.717, 1.165) is 49.0 Å². The van der Waals surface area contributed by atoms with Gasteiger partial charge in [0.25, 0.3) is 0 Å². The maximum atomic E-state index is 10.5. The molecule has 174 valence electrons. The second-order valence-corrected chi connectivity index (χ2v) is 10.1. The fourth-order valence-electron chi connectivity index (χ4n) is 5.34. The van der Waals surface area contributed by atoms with Crippen LogP contribution in [0.1, 0.15) is 63.4 Å². The number of hydrogen-bond acceptors (Lipinski definition) is 5. The van der Waals surface area contributed by atoms with E-state index in [4.69, 9.17) is 9.47 Å². The van der Waals surface area contributed by atoms with Gasteiger partial charge in [0.15, 0.2) is 11.5 Å². The van der Waals surface area contributed by atoms with Gasteiger partial charge in [-0.2, -0.15) is 0 Å². The summed E-state index contributed by atoms with van der Waals surface area (Å²) in [6.45, 7) is 4.12. The lowest BCUT2D eigenvalue weighted by molar-refractivity contribution is 0.0645. The second kappa shape index (κ2) is 11.0. The van der Waals surface area contributed by atoms with E-state index in [9.17, 15) is 5.11 Å². The van der Waals surface area contributed by atoms with Crippen molar-refractivity contribution in [3.63, 3.8) is 0 Å². The van der Waals surface area contributed by atoms with E-state index in [-0.39, 0.29) is 0 Å². The van der Waals surface area contributed by atoms with Crippen molar-refractivity contribution in [1.82, 2.24) is 9.80 Å². The Morgan fingerprint density at radius 2 is 1.65 bits per heavy atom. The molecule has 2 aliphatic carbocycles. The number of rotatable bonds is 11. The van der Waals surface area contributed by atoms with Gasteiger partial charge in [-0.1, -0.05) is 25.3 Å². The van der Waals surface area contributed by atoms with Crippen LogP contribution in [0.25, 0.3) is 0 Å². The highest BCUT2D eigenvalue weighted by atomic mass is 16.5. The molecule has 0 amide bonds. The number of likely N-dealkylation sites (tertiary alicyclic amines) is 1. The van der Waals surface area contributed by atoms with Crippen molar-refractivity contribution >= 4 is 0 Å². The monoisotopic (exact) mass is 430 g/mol. The summed E-state index contributed by atoms with van der Waals surface area (Å²) in [5.41, 5.74) is 1.26. The molecule has 1 saturated heterocycles. The smallest absolute Gasteiger partial charge is 0.161 e. The molecule has 5 heteroatoms. The largest absolute Gasteiger partial charge is 0.493 e. The highest BCUT2D eigenvalue weighted by Crippen LogP contribution is 2.47. The molecule has 3 aliphatic rings. The summed E-state index contributed by atoms with van der Waals surface area (Å²) >= 11 is 0. The van der Waals surface area contributed by atoms with Gasteiger partial charge in [-0.05, 0) is 88.2 Å². The lowest BCUT2D eigenvalue weighted by atomic mass is 10.0. The minimum Gasteiger partial charge on any atom is -0.493 e. The fourth-order valence-corrected chi connectivity index (χ4v) is 5.34. The minimum atomic E-state index is -0.479. The van der Waals surface area contributed by atoms with Gasteiger partial charge in [-0.25, -0.2) is 0 Å². The molecular weight excluding hydrogens is 388 g/mol. The average molecular weight is 431 g/mol. The van der Waals surface area contributed by atoms with Gasteiger partial charge in [-0.15, -0.1) is 0 Å². The molecule has 4 rings (SSSR count). The van der Waals surface area contributed by atoms with Crippen LogP contribution in [0.4, 0.5) is 0 Å². The summed E-state index contributed by atoms with van der Waals surface area (Å²) in [6.07, 6.45) is 11.6. The molecular formula is C26H42N2O3. The van der Waals surface area contributed by atoms with Gasteiger partial charge < -0.3 is 19.5 Å². The molecule has 1 atom stereocenters. The van der Waals surface area contributed by atoms with Crippen molar-refractivity contribution in [2.24, 2.45) is 11.8 Å². The number of aliphatic hydroxyl groups excluding tert-OH is 1. The predicted molar refractivity (Wildman–Crippen MR) is 125 cm³/mol. The summed E-state index contributed by atoms with van der Waals surface area (Å²) in [5, 5.41) is 10.5. The van der Waals surface area contributed by atoms with Gasteiger partial charge >= 0.3 is 0 Å². The molecule has 1 aliphatic heterocycles. The molecule has 1 N–H and O–H groups in total. The van der Waals surface area contributed by atoms with Crippen molar-refractivity contribution in [3.05, 3.63) is 23.8 Å². The Morgan fingerprint density at radius 3 is 2.26 bits per heavy atom. The number of hydrogen-bond donors (Lipinski definition) is 1. The number of methoxy groups -OCH3 is 1. The lowest BCUT2D eigenvalue weighted by Gasteiger charge is -2.28. The Kier molecular flexibility index (Phi) is 8.13. The molecule has 0 unspecified atom stereocenters. The van der Waals surface area contributed by atoms with E-state index in [2.05, 4.69) is 29.0 Å². The average Bonchev–Trinajstić information content (AvgIpc) is 3.65. The van der Waals surface area contributed by atoms with Crippen molar-refractivity contribution in [3.8, 4) is 11.5 Å². The van der Waals surface area contributed by atoms with Crippen LogP contribution in [0.3, 0.4) is 0 Å². The Labute approximate surface area is 188 Å². The van der Waals surface area contributed by atoms with Crippen molar-refractivity contribution < 1.29 is 14.6 Å². The summed E-state index contributed by atoms with van der Waals surface area (Å²) in [7, 11) is 3.98. The summed E-state index contributed by atoms with van der Waals surface area (Å²) in [5.74, 6) is 3.31. The van der Waals surface area contributed by atoms with Crippen LogP contribution in [0.2, 0.25) is 0 Å². The van der Waals surface area contributed by atoms with Gasteiger partial charge in [0, 0.05) is 19.1 Å². The molecule has 0 radical (unpaired) electrons. The first-order valence-corrected chi connectivity index (χ1v) is 12.5. The van der Waals surface area contributed by atoms with E-state index >= 15 is 0 Å². The van der Waals surface area contributed by atoms with E-state index < -0.39 is 6.10 Å². The molecule has 0 spiro atoms. The van der Waals surface area contributed by atoms with E-state index in [1.165, 1.54) is 63.4 Å². The number of β-amino-alcohol motifs (C(OH)–C–C–N with tert-alkyl or cyclic N) is 1. The van der Waals surface area contributed by atoms with Crippen LogP contribution in [-0.2, 0) is 6.54 Å². The number of aliphatic hydroxyl groups is 1. The molecule has 1 aromatic rings.